The summed E-state index contributed by atoms with van der Waals surface area (Å²) in [5.74, 6) is 0. The number of alkyl halides is 1. The lowest BCUT2D eigenvalue weighted by atomic mass is 9.61. The molecular formula is C9H13B2FN2O5. The summed E-state index contributed by atoms with van der Waals surface area (Å²) in [6.45, 7) is 0. The van der Waals surface area contributed by atoms with E-state index in [4.69, 9.17) is 4.74 Å². The van der Waals surface area contributed by atoms with E-state index in [0.717, 1.165) is 16.8 Å². The van der Waals surface area contributed by atoms with Gasteiger partial charge in [-0.25, -0.2) is 9.18 Å². The van der Waals surface area contributed by atoms with Crippen LogP contribution in [0, 0.1) is 0 Å². The number of aromatic nitrogens is 2. The van der Waals surface area contributed by atoms with Crippen molar-refractivity contribution in [2.24, 2.45) is 0 Å². The van der Waals surface area contributed by atoms with Crippen LogP contribution >= 0.6 is 0 Å². The minimum atomic E-state index is -1.89. The van der Waals surface area contributed by atoms with Gasteiger partial charge in [-0.2, -0.15) is 0 Å². The zero-order valence-electron chi connectivity index (χ0n) is 10.4. The van der Waals surface area contributed by atoms with Crippen molar-refractivity contribution < 1.29 is 19.3 Å². The van der Waals surface area contributed by atoms with Crippen molar-refractivity contribution in [1.29, 1.82) is 0 Å². The second kappa shape index (κ2) is 4.62. The highest BCUT2D eigenvalue weighted by molar-refractivity contribution is 6.39. The number of hydrogen-bond donors (Lipinski definition) is 3. The fourth-order valence-electron chi connectivity index (χ4n) is 2.07. The molecule has 3 N–H and O–H groups in total. The number of hydrogen-bond acceptors (Lipinski definition) is 5. The monoisotopic (exact) mass is 270 g/mol. The molecule has 1 saturated heterocycles. The third-order valence-electron chi connectivity index (χ3n) is 3.02. The fraction of sp³-hybridized carbons (Fsp3) is 0.556. The average Bonchev–Trinajstić information content (AvgIpc) is 2.56. The van der Waals surface area contributed by atoms with E-state index in [1.54, 1.807) is 0 Å². The summed E-state index contributed by atoms with van der Waals surface area (Å²) in [6, 6.07) is 1.04. The van der Waals surface area contributed by atoms with E-state index in [1.807, 2.05) is 4.98 Å². The minimum Gasteiger partial charge on any atom is -0.405 e. The molecule has 0 saturated carbocycles. The van der Waals surface area contributed by atoms with E-state index in [-0.39, 0.29) is 0 Å². The van der Waals surface area contributed by atoms with E-state index in [9.17, 15) is 24.2 Å². The molecule has 1 fully saturated rings. The van der Waals surface area contributed by atoms with Gasteiger partial charge in [0.15, 0.2) is 12.4 Å². The summed E-state index contributed by atoms with van der Waals surface area (Å²) in [5, 5.41) is 18.0. The molecule has 2 rings (SSSR count). The van der Waals surface area contributed by atoms with Gasteiger partial charge in [-0.05, 0) is 0 Å². The van der Waals surface area contributed by atoms with E-state index < -0.39 is 41.3 Å². The number of nitrogens with zero attached hydrogens (tertiary/aromatic N) is 1. The molecule has 4 atom stereocenters. The van der Waals surface area contributed by atoms with Gasteiger partial charge in [-0.1, -0.05) is 0 Å². The molecule has 0 bridgehead atoms. The molecule has 2 heterocycles. The number of ether oxygens (including phenoxy) is 1. The normalized spacial score (nSPS) is 31.5. The number of aliphatic hydroxyl groups excluding tert-OH is 1. The van der Waals surface area contributed by atoms with E-state index >= 15 is 0 Å². The van der Waals surface area contributed by atoms with Crippen molar-refractivity contribution in [3.05, 3.63) is 33.1 Å². The highest BCUT2D eigenvalue weighted by atomic mass is 19.1. The molecule has 102 valence electrons. The maximum atomic E-state index is 14.0. The Balaban J connectivity index is 2.37. The first-order valence-electron chi connectivity index (χ1n) is 5.73. The minimum absolute atomic E-state index is 0.616. The third-order valence-corrected chi connectivity index (χ3v) is 3.02. The second-order valence-electron chi connectivity index (χ2n) is 5.05. The van der Waals surface area contributed by atoms with Crippen LogP contribution in [0.4, 0.5) is 4.39 Å². The van der Waals surface area contributed by atoms with E-state index in [0.29, 0.717) is 0 Å². The Bertz CT molecular complexity index is 583. The fourth-order valence-corrected chi connectivity index (χ4v) is 2.07. The molecule has 0 aromatic carbocycles. The summed E-state index contributed by atoms with van der Waals surface area (Å²) in [7, 11) is 2.73. The van der Waals surface area contributed by atoms with E-state index in [1.165, 1.54) is 15.7 Å². The molecule has 4 unspecified atom stereocenters. The van der Waals surface area contributed by atoms with Crippen LogP contribution in [0.5, 0.6) is 0 Å². The first-order valence-corrected chi connectivity index (χ1v) is 5.73. The van der Waals surface area contributed by atoms with Gasteiger partial charge in [0.05, 0.1) is 0 Å². The summed E-state index contributed by atoms with van der Waals surface area (Å²) in [5.41, 5.74) is -1.46. The molecule has 1 aliphatic heterocycles. The smallest absolute Gasteiger partial charge is 0.330 e. The van der Waals surface area contributed by atoms with Crippen molar-refractivity contribution in [3.63, 3.8) is 0 Å². The Kier molecular flexibility index (Phi) is 3.41. The van der Waals surface area contributed by atoms with Crippen LogP contribution < -0.4 is 11.2 Å². The van der Waals surface area contributed by atoms with Crippen LogP contribution in [0.3, 0.4) is 0 Å². The number of aromatic amines is 1. The van der Waals surface area contributed by atoms with Crippen molar-refractivity contribution in [2.75, 3.05) is 0 Å². The Morgan fingerprint density at radius 2 is 2.11 bits per heavy atom. The highest BCUT2D eigenvalue weighted by Gasteiger charge is 2.50. The molecule has 0 aliphatic carbocycles. The molecular weight excluding hydrogens is 257 g/mol. The zero-order valence-corrected chi connectivity index (χ0v) is 10.4. The van der Waals surface area contributed by atoms with Crippen LogP contribution in [0.2, 0.25) is 0 Å². The summed E-state index contributed by atoms with van der Waals surface area (Å²) in [4.78, 5) is 24.5. The lowest BCUT2D eigenvalue weighted by Crippen LogP contribution is -2.49. The van der Waals surface area contributed by atoms with Crippen LogP contribution in [0.15, 0.2) is 21.9 Å². The van der Waals surface area contributed by atoms with Crippen LogP contribution in [0.1, 0.15) is 6.23 Å². The molecule has 10 heteroatoms. The largest absolute Gasteiger partial charge is 0.405 e. The van der Waals surface area contributed by atoms with Gasteiger partial charge in [0.1, 0.15) is 27.9 Å². The maximum absolute atomic E-state index is 14.0. The van der Waals surface area contributed by atoms with Crippen molar-refractivity contribution in [1.82, 2.24) is 9.55 Å². The lowest BCUT2D eigenvalue weighted by molar-refractivity contribution is -0.0744. The quantitative estimate of drug-likeness (QED) is 0.476. The standard InChI is InChI=1S/C9H13B2FN2O5/c10-9(11,18)6-5(16)4(12)7(19-6)14-2-1-3(15)13-8(14)17/h1-2,4-7,16,18H,10-11H2,(H,13,15,17). The summed E-state index contributed by atoms with van der Waals surface area (Å²) in [6.07, 6.45) is -4.94. The summed E-state index contributed by atoms with van der Waals surface area (Å²) >= 11 is 0. The predicted octanol–water partition coefficient (Wildman–Crippen LogP) is -3.95. The van der Waals surface area contributed by atoms with Gasteiger partial charge in [0.2, 0.25) is 0 Å². The molecule has 1 aromatic heterocycles. The van der Waals surface area contributed by atoms with E-state index in [2.05, 4.69) is 0 Å². The first-order chi connectivity index (χ1) is 8.71. The first kappa shape index (κ1) is 14.0. The number of rotatable bonds is 2. The third kappa shape index (κ3) is 2.51. The molecule has 0 spiro atoms. The Labute approximate surface area is 108 Å². The highest BCUT2D eigenvalue weighted by Crippen LogP contribution is 2.33. The number of H-pyrrole nitrogens is 1. The van der Waals surface area contributed by atoms with Gasteiger partial charge in [-0.3, -0.25) is 14.3 Å². The van der Waals surface area contributed by atoms with Gasteiger partial charge < -0.3 is 14.9 Å². The molecule has 1 aromatic rings. The van der Waals surface area contributed by atoms with Crippen LogP contribution in [0.25, 0.3) is 0 Å². The Morgan fingerprint density at radius 1 is 1.47 bits per heavy atom. The molecule has 1 aliphatic rings. The Morgan fingerprint density at radius 3 is 2.58 bits per heavy atom. The van der Waals surface area contributed by atoms with Crippen molar-refractivity contribution in [3.8, 4) is 0 Å². The predicted molar refractivity (Wildman–Crippen MR) is 68.2 cm³/mol. The SMILES string of the molecule is BC(B)(O)C1OC(n2ccc(=O)[nH]c2=O)C(F)C1O. The van der Waals surface area contributed by atoms with Crippen molar-refractivity contribution >= 4 is 15.7 Å². The van der Waals surface area contributed by atoms with Gasteiger partial charge in [0, 0.05) is 17.7 Å². The number of halogens is 1. The number of aliphatic hydroxyl groups is 2. The molecule has 0 radical (unpaired) electrons. The van der Waals surface area contributed by atoms with Crippen molar-refractivity contribution in [2.45, 2.75) is 30.0 Å². The molecule has 7 nitrogen and oxygen atoms in total. The topological polar surface area (TPSA) is 105 Å². The lowest BCUT2D eigenvalue weighted by Gasteiger charge is -2.27. The molecule has 19 heavy (non-hydrogen) atoms. The summed E-state index contributed by atoms with van der Waals surface area (Å²) < 4.78 is 20.0. The number of nitrogens with one attached hydrogen (secondary N) is 1. The van der Waals surface area contributed by atoms with Gasteiger partial charge in [-0.15, -0.1) is 0 Å². The van der Waals surface area contributed by atoms with Crippen LogP contribution in [-0.4, -0.2) is 59.2 Å². The average molecular weight is 270 g/mol. The van der Waals surface area contributed by atoms with Gasteiger partial charge in [0.25, 0.3) is 5.56 Å². The second-order valence-corrected chi connectivity index (χ2v) is 5.05. The maximum Gasteiger partial charge on any atom is 0.330 e. The van der Waals surface area contributed by atoms with Crippen LogP contribution in [-0.2, 0) is 4.74 Å². The molecule has 0 amide bonds. The Hall–Kier alpha value is -1.38. The van der Waals surface area contributed by atoms with Gasteiger partial charge >= 0.3 is 5.69 Å². The zero-order chi connectivity index (χ0) is 14.4.